The molecule has 0 amide bonds. The Bertz CT molecular complexity index is 605. The highest BCUT2D eigenvalue weighted by atomic mass is 35.5. The molecule has 0 aliphatic heterocycles. The molecule has 0 unspecified atom stereocenters. The summed E-state index contributed by atoms with van der Waals surface area (Å²) in [6, 6.07) is 14.5. The molecule has 2 aromatic rings. The first kappa shape index (κ1) is 12.3. The number of halogens is 1. The van der Waals surface area contributed by atoms with E-state index in [0.717, 1.165) is 5.56 Å². The molecule has 0 atom stereocenters. The lowest BCUT2D eigenvalue weighted by Gasteiger charge is -2.08. The molecule has 3 nitrogen and oxygen atoms in total. The highest BCUT2D eigenvalue weighted by molar-refractivity contribution is 6.33. The summed E-state index contributed by atoms with van der Waals surface area (Å²) >= 11 is 5.90. The number of benzene rings is 2. The normalized spacial score (nSPS) is 9.78. The second-order valence-electron chi connectivity index (χ2n) is 3.74. The van der Waals surface area contributed by atoms with Crippen LogP contribution in [0.15, 0.2) is 42.5 Å². The van der Waals surface area contributed by atoms with E-state index in [0.29, 0.717) is 28.6 Å². The Balaban J connectivity index is 2.12. The van der Waals surface area contributed by atoms with E-state index in [1.54, 1.807) is 24.3 Å². The molecule has 0 spiro atoms. The maximum atomic E-state index is 8.95. The molecular weight excluding hydrogens is 248 g/mol. The van der Waals surface area contributed by atoms with Crippen LogP contribution in [0.3, 0.4) is 0 Å². The fraction of sp³-hybridized carbons (Fsp3) is 0.0714. The number of anilines is 1. The van der Waals surface area contributed by atoms with E-state index < -0.39 is 0 Å². The fourth-order valence-electron chi connectivity index (χ4n) is 1.51. The zero-order valence-corrected chi connectivity index (χ0v) is 10.3. The van der Waals surface area contributed by atoms with Crippen molar-refractivity contribution in [2.24, 2.45) is 0 Å². The van der Waals surface area contributed by atoms with Gasteiger partial charge in [0.2, 0.25) is 0 Å². The summed E-state index contributed by atoms with van der Waals surface area (Å²) in [5.41, 5.74) is 7.58. The minimum atomic E-state index is 0.323. The summed E-state index contributed by atoms with van der Waals surface area (Å²) in [4.78, 5) is 0. The second kappa shape index (κ2) is 5.44. The van der Waals surface area contributed by atoms with E-state index in [-0.39, 0.29) is 0 Å². The first-order valence-electron chi connectivity index (χ1n) is 5.36. The summed E-state index contributed by atoms with van der Waals surface area (Å²) in [5, 5.41) is 9.41. The Morgan fingerprint density at radius 1 is 1.22 bits per heavy atom. The van der Waals surface area contributed by atoms with Gasteiger partial charge in [-0.1, -0.05) is 29.8 Å². The van der Waals surface area contributed by atoms with E-state index in [9.17, 15) is 0 Å². The van der Waals surface area contributed by atoms with E-state index in [1.807, 2.05) is 18.2 Å². The van der Waals surface area contributed by atoms with Crippen LogP contribution in [0.5, 0.6) is 5.75 Å². The van der Waals surface area contributed by atoms with Gasteiger partial charge in [0.25, 0.3) is 0 Å². The van der Waals surface area contributed by atoms with Crippen LogP contribution in [0.4, 0.5) is 5.69 Å². The summed E-state index contributed by atoms with van der Waals surface area (Å²) < 4.78 is 5.58. The molecule has 0 bridgehead atoms. The Labute approximate surface area is 110 Å². The van der Waals surface area contributed by atoms with Gasteiger partial charge in [0.15, 0.2) is 0 Å². The molecular formula is C14H11ClN2O. The van der Waals surface area contributed by atoms with Crippen LogP contribution in [-0.4, -0.2) is 0 Å². The lowest BCUT2D eigenvalue weighted by Crippen LogP contribution is -1.98. The SMILES string of the molecule is N#Cc1ccccc1COc1ccc(N)c(Cl)c1. The largest absolute Gasteiger partial charge is 0.489 e. The number of ether oxygens (including phenoxy) is 1. The lowest BCUT2D eigenvalue weighted by atomic mass is 10.1. The third-order valence-corrected chi connectivity index (χ3v) is 2.83. The predicted octanol–water partition coefficient (Wildman–Crippen LogP) is 3.37. The maximum absolute atomic E-state index is 8.95. The molecule has 0 saturated carbocycles. The van der Waals surface area contributed by atoms with Gasteiger partial charge in [0, 0.05) is 11.6 Å². The van der Waals surface area contributed by atoms with Gasteiger partial charge in [-0.3, -0.25) is 0 Å². The number of rotatable bonds is 3. The first-order chi connectivity index (χ1) is 8.70. The summed E-state index contributed by atoms with van der Waals surface area (Å²) in [7, 11) is 0. The summed E-state index contributed by atoms with van der Waals surface area (Å²) in [6.07, 6.45) is 0. The third-order valence-electron chi connectivity index (χ3n) is 2.50. The highest BCUT2D eigenvalue weighted by Crippen LogP contribution is 2.24. The molecule has 2 rings (SSSR count). The molecule has 0 fully saturated rings. The monoisotopic (exact) mass is 258 g/mol. The number of hydrogen-bond acceptors (Lipinski definition) is 3. The topological polar surface area (TPSA) is 59.0 Å². The molecule has 0 aromatic heterocycles. The van der Waals surface area contributed by atoms with Crippen LogP contribution in [0, 0.1) is 11.3 Å². The number of nitrogens with zero attached hydrogens (tertiary/aromatic N) is 1. The highest BCUT2D eigenvalue weighted by Gasteiger charge is 2.03. The van der Waals surface area contributed by atoms with Crippen LogP contribution in [-0.2, 0) is 6.61 Å². The van der Waals surface area contributed by atoms with Gasteiger partial charge < -0.3 is 10.5 Å². The van der Waals surface area contributed by atoms with Crippen molar-refractivity contribution < 1.29 is 4.74 Å². The smallest absolute Gasteiger partial charge is 0.121 e. The van der Waals surface area contributed by atoms with Crippen molar-refractivity contribution in [3.8, 4) is 11.8 Å². The van der Waals surface area contributed by atoms with Gasteiger partial charge >= 0.3 is 0 Å². The number of nitrogen functional groups attached to an aromatic ring is 1. The Kier molecular flexibility index (Phi) is 3.71. The summed E-state index contributed by atoms with van der Waals surface area (Å²) in [6.45, 7) is 0.323. The fourth-order valence-corrected chi connectivity index (χ4v) is 1.68. The Morgan fingerprint density at radius 2 is 2.00 bits per heavy atom. The van der Waals surface area contributed by atoms with Gasteiger partial charge in [-0.05, 0) is 18.2 Å². The van der Waals surface area contributed by atoms with E-state index >= 15 is 0 Å². The quantitative estimate of drug-likeness (QED) is 0.859. The predicted molar refractivity (Wildman–Crippen MR) is 71.4 cm³/mol. The van der Waals surface area contributed by atoms with Crippen LogP contribution >= 0.6 is 11.6 Å². The minimum Gasteiger partial charge on any atom is -0.489 e. The van der Waals surface area contributed by atoms with E-state index in [4.69, 9.17) is 27.3 Å². The van der Waals surface area contributed by atoms with Crippen molar-refractivity contribution in [3.05, 3.63) is 58.6 Å². The average molecular weight is 259 g/mol. The van der Waals surface area contributed by atoms with Crippen molar-refractivity contribution in [2.75, 3.05) is 5.73 Å². The van der Waals surface area contributed by atoms with E-state index in [1.165, 1.54) is 0 Å². The van der Waals surface area contributed by atoms with E-state index in [2.05, 4.69) is 6.07 Å². The van der Waals surface area contributed by atoms with Crippen molar-refractivity contribution >= 4 is 17.3 Å². The van der Waals surface area contributed by atoms with Gasteiger partial charge in [-0.15, -0.1) is 0 Å². The van der Waals surface area contributed by atoms with Gasteiger partial charge in [-0.2, -0.15) is 5.26 Å². The van der Waals surface area contributed by atoms with Gasteiger partial charge in [0.1, 0.15) is 12.4 Å². The first-order valence-corrected chi connectivity index (χ1v) is 5.74. The number of hydrogen-bond donors (Lipinski definition) is 1. The molecule has 2 aromatic carbocycles. The molecule has 2 N–H and O–H groups in total. The average Bonchev–Trinajstić information content (AvgIpc) is 2.40. The second-order valence-corrected chi connectivity index (χ2v) is 4.15. The number of nitriles is 1. The molecule has 4 heteroatoms. The van der Waals surface area contributed by atoms with Gasteiger partial charge in [-0.25, -0.2) is 0 Å². The zero-order chi connectivity index (χ0) is 13.0. The van der Waals surface area contributed by atoms with Crippen LogP contribution in [0.2, 0.25) is 5.02 Å². The molecule has 18 heavy (non-hydrogen) atoms. The number of nitrogens with two attached hydrogens (primary N) is 1. The van der Waals surface area contributed by atoms with Crippen molar-refractivity contribution in [2.45, 2.75) is 6.61 Å². The maximum Gasteiger partial charge on any atom is 0.121 e. The molecule has 0 aliphatic carbocycles. The third kappa shape index (κ3) is 2.73. The van der Waals surface area contributed by atoms with Crippen LogP contribution < -0.4 is 10.5 Å². The lowest BCUT2D eigenvalue weighted by molar-refractivity contribution is 0.306. The van der Waals surface area contributed by atoms with Crippen LogP contribution in [0.1, 0.15) is 11.1 Å². The summed E-state index contributed by atoms with van der Waals surface area (Å²) in [5.74, 6) is 0.627. The Morgan fingerprint density at radius 3 is 2.72 bits per heavy atom. The molecule has 0 heterocycles. The van der Waals surface area contributed by atoms with Crippen molar-refractivity contribution in [1.29, 1.82) is 5.26 Å². The van der Waals surface area contributed by atoms with Crippen molar-refractivity contribution in [1.82, 2.24) is 0 Å². The van der Waals surface area contributed by atoms with Gasteiger partial charge in [0.05, 0.1) is 22.3 Å². The van der Waals surface area contributed by atoms with Crippen LogP contribution in [0.25, 0.3) is 0 Å². The molecule has 0 aliphatic rings. The molecule has 0 radical (unpaired) electrons. The van der Waals surface area contributed by atoms with Crippen molar-refractivity contribution in [3.63, 3.8) is 0 Å². The molecule has 0 saturated heterocycles. The standard InChI is InChI=1S/C14H11ClN2O/c15-13-7-12(5-6-14(13)17)18-9-11-4-2-1-3-10(11)8-16/h1-7H,9,17H2. The minimum absolute atomic E-state index is 0.323. The Hall–Kier alpha value is -2.18. The zero-order valence-electron chi connectivity index (χ0n) is 9.56. The molecule has 90 valence electrons.